The molecule has 1 saturated carbocycles. The molecule has 2 rings (SSSR count). The molecule has 0 unspecified atom stereocenters. The molecule has 0 radical (unpaired) electrons. The second kappa shape index (κ2) is 28.7. The van der Waals surface area contributed by atoms with Crippen molar-refractivity contribution in [2.24, 2.45) is 17.8 Å². The molecule has 0 spiro atoms. The molecule has 36 heavy (non-hydrogen) atoms. The first-order chi connectivity index (χ1) is 17.6. The number of allylic oxidation sites excluding steroid dienone is 1. The third-order valence-corrected chi connectivity index (χ3v) is 6.38. The Labute approximate surface area is 222 Å². The average Bonchev–Trinajstić information content (AvgIpc) is 2.98. The van der Waals surface area contributed by atoms with E-state index in [1.54, 1.807) is 14.2 Å². The van der Waals surface area contributed by atoms with Gasteiger partial charge in [-0.2, -0.15) is 0 Å². The SMILES string of the molecule is C=CC[C@H]([C](=[Cr])OC)[C@@H](c1ccc(OC)cc1)[C@H]1C(=O)CCC[C@@H]1CC.[C-]#[O+].[C-]#[O+].[C-]#[O+].[C-]#[O+].[C-]#[O+]. The summed E-state index contributed by atoms with van der Waals surface area (Å²) in [7, 11) is 3.36. The van der Waals surface area contributed by atoms with Crippen LogP contribution >= 0.6 is 0 Å². The van der Waals surface area contributed by atoms with Crippen molar-refractivity contribution in [3.8, 4) is 5.75 Å². The molecule has 0 amide bonds. The number of benzene rings is 1. The van der Waals surface area contributed by atoms with E-state index in [1.165, 1.54) is 5.56 Å². The molecule has 9 heteroatoms. The van der Waals surface area contributed by atoms with Crippen LogP contribution in [0.1, 0.15) is 50.5 Å². The van der Waals surface area contributed by atoms with E-state index >= 15 is 0 Å². The molecule has 1 aromatic rings. The summed E-state index contributed by atoms with van der Waals surface area (Å²) in [5.41, 5.74) is 1.17. The Morgan fingerprint density at radius 3 is 1.94 bits per heavy atom. The van der Waals surface area contributed by atoms with Crippen molar-refractivity contribution >= 4 is 10.3 Å². The van der Waals surface area contributed by atoms with Crippen molar-refractivity contribution in [3.05, 3.63) is 75.7 Å². The van der Waals surface area contributed by atoms with Gasteiger partial charge < -0.3 is 0 Å². The molecular formula is C27H30CrO8. The van der Waals surface area contributed by atoms with Gasteiger partial charge in [-0.15, -0.1) is 0 Å². The van der Waals surface area contributed by atoms with Gasteiger partial charge >= 0.3 is 222 Å². The second-order valence-electron chi connectivity index (χ2n) is 7.01. The first-order valence-corrected chi connectivity index (χ1v) is 11.1. The minimum atomic E-state index is 0.0191. The summed E-state index contributed by atoms with van der Waals surface area (Å²) in [4.78, 5) is 13.0. The van der Waals surface area contributed by atoms with Crippen LogP contribution in [0.3, 0.4) is 0 Å². The predicted octanol–water partition coefficient (Wildman–Crippen LogP) is 4.50. The summed E-state index contributed by atoms with van der Waals surface area (Å²) in [6.07, 6.45) is 6.54. The zero-order valence-electron chi connectivity index (χ0n) is 20.6. The zero-order chi connectivity index (χ0) is 29.1. The Bertz CT molecular complexity index is 801. The molecule has 0 bridgehead atoms. The molecule has 0 saturated heterocycles. The van der Waals surface area contributed by atoms with E-state index < -0.39 is 0 Å². The summed E-state index contributed by atoms with van der Waals surface area (Å²) < 4.78 is 49.2. The molecule has 1 aliphatic carbocycles. The number of rotatable bonds is 9. The third-order valence-electron chi connectivity index (χ3n) is 5.65. The summed E-state index contributed by atoms with van der Waals surface area (Å²) in [5, 5.41) is 0. The van der Waals surface area contributed by atoms with E-state index in [0.717, 1.165) is 36.0 Å². The number of ether oxygens (including phenoxy) is 2. The van der Waals surface area contributed by atoms with Gasteiger partial charge in [0.15, 0.2) is 0 Å². The van der Waals surface area contributed by atoms with Crippen LogP contribution in [0.4, 0.5) is 0 Å². The van der Waals surface area contributed by atoms with Gasteiger partial charge in [0.25, 0.3) is 0 Å². The molecule has 192 valence electrons. The number of hydrogen-bond acceptors (Lipinski definition) is 3. The quantitative estimate of drug-likeness (QED) is 0.262. The van der Waals surface area contributed by atoms with E-state index in [2.05, 4.69) is 74.7 Å². The monoisotopic (exact) mass is 534 g/mol. The molecule has 0 heterocycles. The Kier molecular flexibility index (Phi) is 32.4. The minimum absolute atomic E-state index is 0.0191. The van der Waals surface area contributed by atoms with Crippen LogP contribution in [0, 0.1) is 51.0 Å². The number of ketones is 1. The van der Waals surface area contributed by atoms with Crippen molar-refractivity contribution in [1.82, 2.24) is 0 Å². The number of carbonyl (C=O) groups is 1. The van der Waals surface area contributed by atoms with E-state index in [4.69, 9.17) is 32.7 Å². The molecule has 1 aromatic carbocycles. The Morgan fingerprint density at radius 1 is 1.06 bits per heavy atom. The van der Waals surface area contributed by atoms with Gasteiger partial charge in [-0.3, -0.25) is 0 Å². The van der Waals surface area contributed by atoms with Gasteiger partial charge in [-0.25, -0.2) is 0 Å². The van der Waals surface area contributed by atoms with Gasteiger partial charge in [0.2, 0.25) is 0 Å². The fourth-order valence-electron chi connectivity index (χ4n) is 4.34. The standard InChI is InChI=1S/C22H30O3.5CO.Cr/c1-5-8-18(15-24-3)21(17-11-13-19(25-4)14-12-17)22-16(6-2)9-7-10-20(22)23;5*1-2;/h5,11-14,16,18,21-22H,1,6-10H2,2-4H3;;;;;;/t16-,18+,21+,22+;;;;;;/m0....../s1. The van der Waals surface area contributed by atoms with Crippen molar-refractivity contribution in [1.29, 1.82) is 0 Å². The van der Waals surface area contributed by atoms with E-state index in [0.29, 0.717) is 18.1 Å². The molecule has 0 N–H and O–H groups in total. The van der Waals surface area contributed by atoms with Crippen LogP contribution in [-0.2, 0) is 48.6 Å². The Balaban J connectivity index is -0.000000456. The maximum absolute atomic E-state index is 13.0. The van der Waals surface area contributed by atoms with Crippen LogP contribution < -0.4 is 4.74 Å². The number of Topliss-reactive ketones (excluding diaryl/α,β-unsaturated/α-hetero) is 1. The van der Waals surface area contributed by atoms with Crippen molar-refractivity contribution in [2.45, 2.75) is 44.9 Å². The van der Waals surface area contributed by atoms with Crippen LogP contribution in [0.25, 0.3) is 0 Å². The van der Waals surface area contributed by atoms with Crippen LogP contribution in [0.5, 0.6) is 5.75 Å². The average molecular weight is 535 g/mol. The summed E-state index contributed by atoms with van der Waals surface area (Å²) in [6.45, 7) is 28.6. The number of carbonyl (C=O) groups excluding carboxylic acids is 1. The normalized spacial score (nSPS) is 16.5. The fourth-order valence-corrected chi connectivity index (χ4v) is 4.71. The number of hydrogen-bond donors (Lipinski definition) is 0. The van der Waals surface area contributed by atoms with E-state index in [1.807, 2.05) is 18.2 Å². The van der Waals surface area contributed by atoms with Gasteiger partial charge in [-0.05, 0) is 0 Å². The van der Waals surface area contributed by atoms with Gasteiger partial charge in [-0.1, -0.05) is 0 Å². The van der Waals surface area contributed by atoms with Crippen LogP contribution in [0.15, 0.2) is 36.9 Å². The maximum atomic E-state index is 13.0. The third kappa shape index (κ3) is 13.5. The Hall–Kier alpha value is -2.51. The molecule has 4 atom stereocenters. The van der Waals surface area contributed by atoms with Crippen molar-refractivity contribution < 1.29 is 53.4 Å². The van der Waals surface area contributed by atoms with E-state index in [9.17, 15) is 4.79 Å². The van der Waals surface area contributed by atoms with Gasteiger partial charge in [0.05, 0.1) is 0 Å². The molecule has 0 aliphatic heterocycles. The first kappa shape index (κ1) is 40.7. The summed E-state index contributed by atoms with van der Waals surface area (Å²) in [5.74, 6) is 1.82. The molecule has 8 nitrogen and oxygen atoms in total. The molecule has 0 aromatic heterocycles. The molecule has 1 aliphatic rings. The summed E-state index contributed by atoms with van der Waals surface area (Å²) in [6, 6.07) is 8.15. The first-order valence-electron chi connectivity index (χ1n) is 10.4. The Morgan fingerprint density at radius 2 is 1.56 bits per heavy atom. The molecule has 1 fully saturated rings. The topological polar surface area (TPSA) is 135 Å². The van der Waals surface area contributed by atoms with Crippen molar-refractivity contribution in [3.63, 3.8) is 0 Å². The zero-order valence-corrected chi connectivity index (χ0v) is 21.9. The predicted molar refractivity (Wildman–Crippen MR) is 122 cm³/mol. The van der Waals surface area contributed by atoms with E-state index in [-0.39, 0.29) is 17.8 Å². The molecular weight excluding hydrogens is 504 g/mol. The van der Waals surface area contributed by atoms with Crippen LogP contribution in [0.2, 0.25) is 0 Å². The van der Waals surface area contributed by atoms with Gasteiger partial charge in [0.1, 0.15) is 0 Å². The van der Waals surface area contributed by atoms with Crippen molar-refractivity contribution in [2.75, 3.05) is 14.2 Å². The summed E-state index contributed by atoms with van der Waals surface area (Å²) >= 11 is 3.08. The van der Waals surface area contributed by atoms with Gasteiger partial charge in [0, 0.05) is 0 Å². The second-order valence-corrected chi connectivity index (χ2v) is 7.63. The number of methoxy groups -OCH3 is 2. The van der Waals surface area contributed by atoms with Crippen LogP contribution in [-0.4, -0.2) is 24.6 Å². The fraction of sp³-hybridized carbons (Fsp3) is 0.444.